The standard InChI is InChI=1S/C24H32O2P/c1-4-7-10-18-13-14-21-22-16-19(11-8-5-2)15-20(12-9-6-3)24(22)26-27(25)23(21)17-18/h13-17H,4-12H2,1-3H3/q+1. The lowest BCUT2D eigenvalue weighted by Crippen LogP contribution is -1.93. The number of hydrogen-bond acceptors (Lipinski definition) is 2. The second kappa shape index (κ2) is 9.51. The molecule has 0 amide bonds. The quantitative estimate of drug-likeness (QED) is 0.347. The summed E-state index contributed by atoms with van der Waals surface area (Å²) < 4.78 is 18.9. The maximum absolute atomic E-state index is 12.9. The largest absolute Gasteiger partial charge is 0.597 e. The molecule has 3 aromatic rings. The Morgan fingerprint density at radius 1 is 0.778 bits per heavy atom. The minimum absolute atomic E-state index is 0.860. The lowest BCUT2D eigenvalue weighted by Gasteiger charge is -2.09. The van der Waals surface area contributed by atoms with E-state index in [0.29, 0.717) is 0 Å². The monoisotopic (exact) mass is 383 g/mol. The Morgan fingerprint density at radius 2 is 1.44 bits per heavy atom. The van der Waals surface area contributed by atoms with Crippen molar-refractivity contribution in [1.29, 1.82) is 0 Å². The van der Waals surface area contributed by atoms with E-state index in [1.807, 2.05) is 0 Å². The minimum atomic E-state index is -1.83. The molecule has 0 fully saturated rings. The zero-order chi connectivity index (χ0) is 19.2. The summed E-state index contributed by atoms with van der Waals surface area (Å²) in [5, 5.41) is 3.12. The maximum atomic E-state index is 12.9. The van der Waals surface area contributed by atoms with E-state index in [2.05, 4.69) is 51.1 Å². The topological polar surface area (TPSA) is 30.2 Å². The molecule has 0 aliphatic rings. The summed E-state index contributed by atoms with van der Waals surface area (Å²) in [6.45, 7) is 6.65. The van der Waals surface area contributed by atoms with Gasteiger partial charge in [-0.05, 0) is 72.4 Å². The fourth-order valence-electron chi connectivity index (χ4n) is 3.77. The fraction of sp³-hybridized carbons (Fsp3) is 0.500. The molecule has 2 nitrogen and oxygen atoms in total. The van der Waals surface area contributed by atoms with E-state index in [4.69, 9.17) is 4.20 Å². The summed E-state index contributed by atoms with van der Waals surface area (Å²) in [6.07, 6.45) is 10.1. The van der Waals surface area contributed by atoms with Crippen LogP contribution in [-0.4, -0.2) is 0 Å². The number of unbranched alkanes of at least 4 members (excludes halogenated alkanes) is 3. The molecule has 1 atom stereocenters. The lowest BCUT2D eigenvalue weighted by atomic mass is 9.97. The highest BCUT2D eigenvalue weighted by Crippen LogP contribution is 2.38. The average Bonchev–Trinajstić information content (AvgIpc) is 2.69. The number of fused-ring (bicyclic) bond motifs is 3. The zero-order valence-electron chi connectivity index (χ0n) is 17.0. The Balaban J connectivity index is 2.19. The van der Waals surface area contributed by atoms with Crippen LogP contribution in [0.2, 0.25) is 0 Å². The Kier molecular flexibility index (Phi) is 7.07. The van der Waals surface area contributed by atoms with Gasteiger partial charge in [0.25, 0.3) is 0 Å². The van der Waals surface area contributed by atoms with E-state index in [0.717, 1.165) is 60.0 Å². The van der Waals surface area contributed by atoms with Crippen molar-refractivity contribution in [2.75, 3.05) is 0 Å². The first-order valence-electron chi connectivity index (χ1n) is 10.6. The van der Waals surface area contributed by atoms with Gasteiger partial charge in [0.2, 0.25) is 5.12 Å². The number of aryl methyl sites for hydroxylation is 3. The van der Waals surface area contributed by atoms with Crippen LogP contribution in [0.15, 0.2) is 34.5 Å². The van der Waals surface area contributed by atoms with Crippen molar-refractivity contribution in [3.8, 4) is 0 Å². The molecule has 144 valence electrons. The Morgan fingerprint density at radius 3 is 2.15 bits per heavy atom. The van der Waals surface area contributed by atoms with Crippen LogP contribution in [0, 0.1) is 0 Å². The molecule has 0 spiro atoms. The van der Waals surface area contributed by atoms with Crippen molar-refractivity contribution in [2.45, 2.75) is 78.6 Å². The van der Waals surface area contributed by atoms with E-state index in [1.54, 1.807) is 0 Å². The number of hydrogen-bond donors (Lipinski definition) is 0. The third kappa shape index (κ3) is 4.61. The third-order valence-electron chi connectivity index (χ3n) is 5.39. The molecule has 1 heterocycles. The van der Waals surface area contributed by atoms with Gasteiger partial charge < -0.3 is 0 Å². The Labute approximate surface area is 163 Å². The van der Waals surface area contributed by atoms with Gasteiger partial charge in [-0.15, -0.1) is 0 Å². The van der Waals surface area contributed by atoms with Gasteiger partial charge in [0, 0.05) is 16.3 Å². The van der Waals surface area contributed by atoms with Gasteiger partial charge in [0.05, 0.1) is 0 Å². The molecule has 27 heavy (non-hydrogen) atoms. The summed E-state index contributed by atoms with van der Waals surface area (Å²) in [5.41, 5.74) is 4.73. The van der Waals surface area contributed by atoms with E-state index < -0.39 is 7.65 Å². The smallest absolute Gasteiger partial charge is 0.249 e. The van der Waals surface area contributed by atoms with Crippen LogP contribution in [0.4, 0.5) is 0 Å². The first kappa shape index (κ1) is 20.1. The lowest BCUT2D eigenvalue weighted by molar-refractivity contribution is 0.562. The highest BCUT2D eigenvalue weighted by molar-refractivity contribution is 7.37. The van der Waals surface area contributed by atoms with Gasteiger partial charge in [0.15, 0.2) is 5.58 Å². The van der Waals surface area contributed by atoms with Crippen molar-refractivity contribution in [3.63, 3.8) is 0 Å². The van der Waals surface area contributed by atoms with Crippen LogP contribution in [0.1, 0.15) is 76.0 Å². The highest BCUT2D eigenvalue weighted by Gasteiger charge is 2.20. The summed E-state index contributed by atoms with van der Waals surface area (Å²) >= 11 is 0. The predicted molar refractivity (Wildman–Crippen MR) is 117 cm³/mol. The van der Waals surface area contributed by atoms with Crippen molar-refractivity contribution in [1.82, 2.24) is 0 Å². The number of benzene rings is 2. The van der Waals surface area contributed by atoms with Gasteiger partial charge >= 0.3 is 7.65 Å². The molecule has 1 unspecified atom stereocenters. The van der Waals surface area contributed by atoms with Gasteiger partial charge in [-0.1, -0.05) is 52.2 Å². The van der Waals surface area contributed by atoms with Crippen LogP contribution in [0.25, 0.3) is 21.5 Å². The molecule has 0 radical (unpaired) electrons. The van der Waals surface area contributed by atoms with Crippen molar-refractivity contribution in [2.24, 2.45) is 0 Å². The van der Waals surface area contributed by atoms with E-state index in [9.17, 15) is 4.57 Å². The van der Waals surface area contributed by atoms with E-state index in [-0.39, 0.29) is 0 Å². The second-order valence-corrected chi connectivity index (χ2v) is 8.82. The van der Waals surface area contributed by atoms with Gasteiger partial charge in [-0.2, -0.15) is 0 Å². The van der Waals surface area contributed by atoms with Gasteiger partial charge in [0.1, 0.15) is 0 Å². The first-order chi connectivity index (χ1) is 13.2. The van der Waals surface area contributed by atoms with Gasteiger partial charge in [-0.3, -0.25) is 0 Å². The van der Waals surface area contributed by atoms with Crippen LogP contribution >= 0.6 is 7.65 Å². The van der Waals surface area contributed by atoms with Crippen LogP contribution < -0.4 is 0 Å². The second-order valence-electron chi connectivity index (χ2n) is 7.64. The normalized spacial score (nSPS) is 12.2. The molecule has 0 bridgehead atoms. The molecule has 1 aromatic heterocycles. The summed E-state index contributed by atoms with van der Waals surface area (Å²) in [7, 11) is -1.83. The molecule has 0 N–H and O–H groups in total. The van der Waals surface area contributed by atoms with Crippen LogP contribution in [0.5, 0.6) is 0 Å². The molecular formula is C24H32O2P+. The van der Waals surface area contributed by atoms with Crippen LogP contribution in [-0.2, 0) is 23.8 Å². The molecular weight excluding hydrogens is 351 g/mol. The highest BCUT2D eigenvalue weighted by atomic mass is 31.1. The van der Waals surface area contributed by atoms with Crippen LogP contribution in [0.3, 0.4) is 0 Å². The zero-order valence-corrected chi connectivity index (χ0v) is 17.9. The summed E-state index contributed by atoms with van der Waals surface area (Å²) in [5.74, 6) is 0. The molecule has 2 aromatic carbocycles. The fourth-order valence-corrected chi connectivity index (χ4v) is 4.91. The average molecular weight is 383 g/mol. The molecule has 0 aliphatic heterocycles. The number of rotatable bonds is 9. The summed E-state index contributed by atoms with van der Waals surface area (Å²) in [6, 6.07) is 11.0. The third-order valence-corrected chi connectivity index (χ3v) is 6.50. The van der Waals surface area contributed by atoms with Crippen molar-refractivity contribution < 1.29 is 8.76 Å². The van der Waals surface area contributed by atoms with Gasteiger partial charge in [-0.25, -0.2) is 4.20 Å². The van der Waals surface area contributed by atoms with Crippen molar-refractivity contribution in [3.05, 3.63) is 47.0 Å². The molecule has 0 saturated heterocycles. The predicted octanol–water partition coefficient (Wildman–Crippen LogP) is 8.36. The first-order valence-corrected chi connectivity index (χ1v) is 11.8. The Bertz CT molecular complexity index is 971. The molecule has 0 aliphatic carbocycles. The Hall–Kier alpha value is -1.66. The minimum Gasteiger partial charge on any atom is -0.249 e. The SMILES string of the molecule is CCCCc1cc(CCCC)c2o[p+](=O)c3cc(CCCC)ccc3c2c1. The molecule has 3 rings (SSSR count). The van der Waals surface area contributed by atoms with E-state index >= 15 is 0 Å². The van der Waals surface area contributed by atoms with E-state index in [1.165, 1.54) is 36.0 Å². The molecule has 0 saturated carbocycles. The van der Waals surface area contributed by atoms with Crippen molar-refractivity contribution >= 4 is 29.1 Å². The summed E-state index contributed by atoms with van der Waals surface area (Å²) in [4.78, 5) is 0. The molecule has 3 heteroatoms. The maximum Gasteiger partial charge on any atom is 0.597 e.